The lowest BCUT2D eigenvalue weighted by molar-refractivity contribution is 0.535. The standard InChI is InChI=1S/C8H7N3O2S2/c12-15(13)4-7-2-1-6(3-9-7)8-10-5-14-11-8/h1-3,5H,4H2,(H,12,13)/p-1. The van der Waals surface area contributed by atoms with E-state index in [1.807, 2.05) is 0 Å². The fourth-order valence-electron chi connectivity index (χ4n) is 1.06. The summed E-state index contributed by atoms with van der Waals surface area (Å²) >= 11 is -0.840. The van der Waals surface area contributed by atoms with E-state index in [0.29, 0.717) is 11.5 Å². The smallest absolute Gasteiger partial charge is 0.174 e. The summed E-state index contributed by atoms with van der Waals surface area (Å²) in [6, 6.07) is 3.42. The van der Waals surface area contributed by atoms with Crippen LogP contribution in [-0.2, 0) is 16.8 Å². The molecule has 5 nitrogen and oxygen atoms in total. The molecular formula is C8H6N3O2S2-. The van der Waals surface area contributed by atoms with Gasteiger partial charge in [-0.05, 0) is 34.7 Å². The lowest BCUT2D eigenvalue weighted by Crippen LogP contribution is -1.96. The Labute approximate surface area is 92.7 Å². The summed E-state index contributed by atoms with van der Waals surface area (Å²) in [6.07, 6.45) is 1.57. The van der Waals surface area contributed by atoms with E-state index in [1.54, 1.807) is 23.8 Å². The molecule has 2 heterocycles. The summed E-state index contributed by atoms with van der Waals surface area (Å²) in [7, 11) is 0. The van der Waals surface area contributed by atoms with Crippen LogP contribution in [0.5, 0.6) is 0 Å². The van der Waals surface area contributed by atoms with Crippen LogP contribution in [0.15, 0.2) is 23.8 Å². The second-order valence-electron chi connectivity index (χ2n) is 2.74. The average molecular weight is 240 g/mol. The van der Waals surface area contributed by atoms with Crippen LogP contribution in [0.25, 0.3) is 11.4 Å². The van der Waals surface area contributed by atoms with Gasteiger partial charge in [0.1, 0.15) is 5.51 Å². The zero-order valence-corrected chi connectivity index (χ0v) is 9.12. The Morgan fingerprint density at radius 1 is 1.40 bits per heavy atom. The van der Waals surface area contributed by atoms with Crippen LogP contribution in [0.1, 0.15) is 5.69 Å². The van der Waals surface area contributed by atoms with Crippen LogP contribution in [0, 0.1) is 0 Å². The molecule has 0 amide bonds. The van der Waals surface area contributed by atoms with Crippen LogP contribution in [0.3, 0.4) is 0 Å². The Morgan fingerprint density at radius 3 is 2.80 bits per heavy atom. The second kappa shape index (κ2) is 4.56. The Morgan fingerprint density at radius 2 is 2.27 bits per heavy atom. The number of pyridine rings is 1. The number of aromatic nitrogens is 3. The van der Waals surface area contributed by atoms with Gasteiger partial charge < -0.3 is 4.55 Å². The van der Waals surface area contributed by atoms with Crippen molar-refractivity contribution >= 4 is 22.6 Å². The van der Waals surface area contributed by atoms with Gasteiger partial charge in [0.2, 0.25) is 0 Å². The van der Waals surface area contributed by atoms with Crippen LogP contribution in [-0.4, -0.2) is 23.1 Å². The van der Waals surface area contributed by atoms with Gasteiger partial charge in [-0.25, -0.2) is 4.98 Å². The van der Waals surface area contributed by atoms with Crippen molar-refractivity contribution in [1.29, 1.82) is 0 Å². The molecule has 0 aliphatic carbocycles. The number of nitrogens with zero attached hydrogens (tertiary/aromatic N) is 3. The maximum atomic E-state index is 10.4. The van der Waals surface area contributed by atoms with Gasteiger partial charge in [-0.1, -0.05) is 0 Å². The predicted molar refractivity (Wildman–Crippen MR) is 55.8 cm³/mol. The largest absolute Gasteiger partial charge is 0.772 e. The Kier molecular flexibility index (Phi) is 3.14. The van der Waals surface area contributed by atoms with Crippen LogP contribution < -0.4 is 0 Å². The minimum Gasteiger partial charge on any atom is -0.772 e. The zero-order chi connectivity index (χ0) is 10.7. The molecule has 0 aromatic carbocycles. The first-order chi connectivity index (χ1) is 7.25. The van der Waals surface area contributed by atoms with Crippen molar-refractivity contribution in [3.8, 4) is 11.4 Å². The molecule has 7 heteroatoms. The molecule has 2 rings (SSSR count). The first-order valence-electron chi connectivity index (χ1n) is 4.03. The van der Waals surface area contributed by atoms with Crippen molar-refractivity contribution in [2.75, 3.05) is 0 Å². The number of hydrogen-bond acceptors (Lipinski definition) is 6. The van der Waals surface area contributed by atoms with Crippen molar-refractivity contribution in [2.45, 2.75) is 5.75 Å². The van der Waals surface area contributed by atoms with Crippen molar-refractivity contribution < 1.29 is 8.76 Å². The highest BCUT2D eigenvalue weighted by molar-refractivity contribution is 7.78. The highest BCUT2D eigenvalue weighted by Gasteiger charge is 2.02. The van der Waals surface area contributed by atoms with E-state index < -0.39 is 11.1 Å². The number of rotatable bonds is 3. The first-order valence-corrected chi connectivity index (χ1v) is 6.11. The van der Waals surface area contributed by atoms with E-state index in [9.17, 15) is 8.76 Å². The molecule has 2 aromatic heterocycles. The van der Waals surface area contributed by atoms with Gasteiger partial charge in [0, 0.05) is 11.8 Å². The van der Waals surface area contributed by atoms with Gasteiger partial charge in [-0.3, -0.25) is 9.19 Å². The molecule has 0 radical (unpaired) electrons. The molecule has 1 unspecified atom stereocenters. The third-order valence-corrected chi connectivity index (χ3v) is 2.72. The maximum absolute atomic E-state index is 10.4. The molecule has 0 saturated heterocycles. The summed E-state index contributed by atoms with van der Waals surface area (Å²) in [5.41, 5.74) is 2.94. The van der Waals surface area contributed by atoms with E-state index in [1.165, 1.54) is 11.5 Å². The van der Waals surface area contributed by atoms with Gasteiger partial charge in [0.05, 0.1) is 11.4 Å². The van der Waals surface area contributed by atoms with Crippen LogP contribution in [0.4, 0.5) is 0 Å². The molecule has 0 saturated carbocycles. The molecule has 0 aliphatic rings. The van der Waals surface area contributed by atoms with Crippen molar-refractivity contribution in [2.24, 2.45) is 0 Å². The molecule has 0 fully saturated rings. The SMILES string of the molecule is O=S([O-])Cc1ccc(-c2ncsn2)cn1. The topological polar surface area (TPSA) is 78.8 Å². The highest BCUT2D eigenvalue weighted by atomic mass is 32.2. The summed E-state index contributed by atoms with van der Waals surface area (Å²) in [5, 5.41) is 0. The van der Waals surface area contributed by atoms with Gasteiger partial charge in [-0.2, -0.15) is 4.37 Å². The molecule has 0 aliphatic heterocycles. The quantitative estimate of drug-likeness (QED) is 0.747. The van der Waals surface area contributed by atoms with Crippen molar-refractivity contribution in [3.63, 3.8) is 0 Å². The van der Waals surface area contributed by atoms with Crippen molar-refractivity contribution in [1.82, 2.24) is 14.3 Å². The monoisotopic (exact) mass is 240 g/mol. The van der Waals surface area contributed by atoms with E-state index >= 15 is 0 Å². The lowest BCUT2D eigenvalue weighted by Gasteiger charge is -2.03. The van der Waals surface area contributed by atoms with Gasteiger partial charge >= 0.3 is 0 Å². The zero-order valence-electron chi connectivity index (χ0n) is 7.49. The van der Waals surface area contributed by atoms with Gasteiger partial charge in [-0.15, -0.1) is 0 Å². The predicted octanol–water partition coefficient (Wildman–Crippen LogP) is 0.979. The molecule has 0 spiro atoms. The first kappa shape index (κ1) is 10.3. The molecule has 0 bridgehead atoms. The van der Waals surface area contributed by atoms with Crippen LogP contribution in [0.2, 0.25) is 0 Å². The Bertz CT molecular complexity index is 455. The van der Waals surface area contributed by atoms with E-state index in [2.05, 4.69) is 14.3 Å². The van der Waals surface area contributed by atoms with Crippen molar-refractivity contribution in [3.05, 3.63) is 29.5 Å². The molecule has 1 atom stereocenters. The third kappa shape index (κ3) is 2.65. The Hall–Kier alpha value is -1.18. The van der Waals surface area contributed by atoms with E-state index in [-0.39, 0.29) is 5.75 Å². The maximum Gasteiger partial charge on any atom is 0.174 e. The molecule has 78 valence electrons. The lowest BCUT2D eigenvalue weighted by atomic mass is 10.2. The van der Waals surface area contributed by atoms with Crippen LogP contribution >= 0.6 is 11.5 Å². The summed E-state index contributed by atoms with van der Waals surface area (Å²) in [4.78, 5) is 8.03. The summed E-state index contributed by atoms with van der Waals surface area (Å²) in [5.74, 6) is 0.549. The highest BCUT2D eigenvalue weighted by Crippen LogP contribution is 2.14. The molecule has 2 aromatic rings. The summed E-state index contributed by atoms with van der Waals surface area (Å²) in [6.45, 7) is 0. The minimum absolute atomic E-state index is 0.0647. The molecule has 15 heavy (non-hydrogen) atoms. The third-order valence-electron chi connectivity index (χ3n) is 1.71. The average Bonchev–Trinajstić information content (AvgIpc) is 2.71. The van der Waals surface area contributed by atoms with E-state index in [0.717, 1.165) is 5.56 Å². The summed E-state index contributed by atoms with van der Waals surface area (Å²) < 4.78 is 24.9. The Balaban J connectivity index is 2.21. The fraction of sp³-hybridized carbons (Fsp3) is 0.125. The normalized spacial score (nSPS) is 12.6. The van der Waals surface area contributed by atoms with Gasteiger partial charge in [0.25, 0.3) is 0 Å². The molecule has 0 N–H and O–H groups in total. The van der Waals surface area contributed by atoms with Gasteiger partial charge in [0.15, 0.2) is 5.82 Å². The van der Waals surface area contributed by atoms with E-state index in [4.69, 9.17) is 0 Å². The molecular weight excluding hydrogens is 234 g/mol. The second-order valence-corrected chi connectivity index (χ2v) is 4.24. The fourth-order valence-corrected chi connectivity index (χ4v) is 1.92. The minimum atomic E-state index is -2.10. The number of hydrogen-bond donors (Lipinski definition) is 0.